The van der Waals surface area contributed by atoms with E-state index in [1.165, 1.54) is 0 Å². The topological polar surface area (TPSA) is 100 Å². The lowest BCUT2D eigenvalue weighted by Crippen LogP contribution is -2.32. The molecule has 0 aromatic heterocycles. The maximum Gasteiger partial charge on any atom is 0.321 e. The number of carbonyl (C=O) groups excluding carboxylic acids is 2. The molecule has 0 atom stereocenters. The Kier molecular flexibility index (Phi) is 5.03. The molecule has 3 N–H and O–H groups in total. The smallest absolute Gasteiger partial charge is 0.321 e. The first kappa shape index (κ1) is 16.6. The molecule has 1 aliphatic rings. The number of carbonyl (C=O) groups is 2. The summed E-state index contributed by atoms with van der Waals surface area (Å²) < 4.78 is 0. The lowest BCUT2D eigenvalue weighted by Gasteiger charge is -2.16. The van der Waals surface area contributed by atoms with Gasteiger partial charge < -0.3 is 16.0 Å². The highest BCUT2D eigenvalue weighted by molar-refractivity contribution is 5.93. The molecule has 1 fully saturated rings. The average Bonchev–Trinajstić information content (AvgIpc) is 3.16. The van der Waals surface area contributed by atoms with Crippen molar-refractivity contribution in [2.75, 3.05) is 18.4 Å². The van der Waals surface area contributed by atoms with E-state index in [-0.39, 0.29) is 6.03 Å². The fourth-order valence-corrected chi connectivity index (χ4v) is 2.54. The molecule has 1 heterocycles. The van der Waals surface area contributed by atoms with Crippen molar-refractivity contribution in [1.82, 2.24) is 4.90 Å². The van der Waals surface area contributed by atoms with Crippen LogP contribution in [0.25, 0.3) is 0 Å². The second kappa shape index (κ2) is 7.57. The van der Waals surface area contributed by atoms with E-state index < -0.39 is 5.91 Å². The predicted molar refractivity (Wildman–Crippen MR) is 95.4 cm³/mol. The lowest BCUT2D eigenvalue weighted by molar-refractivity contribution is 0.100. The van der Waals surface area contributed by atoms with Gasteiger partial charge in [0.05, 0.1) is 11.4 Å². The number of azo groups is 1. The van der Waals surface area contributed by atoms with Crippen LogP contribution >= 0.6 is 0 Å². The van der Waals surface area contributed by atoms with Gasteiger partial charge >= 0.3 is 6.03 Å². The van der Waals surface area contributed by atoms with E-state index in [9.17, 15) is 9.59 Å². The molecule has 3 amide bonds. The molecule has 0 spiro atoms. The SMILES string of the molecule is NC(=O)c1ccc(N=Nc2ccc(NC(=O)N3CCCC3)cc2)cc1. The summed E-state index contributed by atoms with van der Waals surface area (Å²) in [6.45, 7) is 1.62. The van der Waals surface area contributed by atoms with E-state index in [4.69, 9.17) is 5.73 Å². The first-order valence-corrected chi connectivity index (χ1v) is 8.09. The van der Waals surface area contributed by atoms with Gasteiger partial charge in [0.25, 0.3) is 0 Å². The maximum absolute atomic E-state index is 12.0. The summed E-state index contributed by atoms with van der Waals surface area (Å²) in [7, 11) is 0. The largest absolute Gasteiger partial charge is 0.366 e. The van der Waals surface area contributed by atoms with E-state index in [2.05, 4.69) is 15.5 Å². The molecular formula is C18H19N5O2. The van der Waals surface area contributed by atoms with Gasteiger partial charge in [-0.15, -0.1) is 0 Å². The third-order valence-corrected chi connectivity index (χ3v) is 3.94. The van der Waals surface area contributed by atoms with Crippen LogP contribution in [0, 0.1) is 0 Å². The number of rotatable bonds is 4. The fourth-order valence-electron chi connectivity index (χ4n) is 2.54. The zero-order valence-electron chi connectivity index (χ0n) is 13.7. The van der Waals surface area contributed by atoms with Gasteiger partial charge in [0, 0.05) is 24.3 Å². The van der Waals surface area contributed by atoms with Gasteiger partial charge in [-0.25, -0.2) is 4.79 Å². The molecule has 7 heteroatoms. The number of amides is 3. The van der Waals surface area contributed by atoms with Gasteiger partial charge in [-0.05, 0) is 61.4 Å². The number of anilines is 1. The van der Waals surface area contributed by atoms with Crippen LogP contribution in [0.15, 0.2) is 58.8 Å². The van der Waals surface area contributed by atoms with E-state index in [0.29, 0.717) is 16.9 Å². The number of benzene rings is 2. The third kappa shape index (κ3) is 4.41. The summed E-state index contributed by atoms with van der Waals surface area (Å²) in [4.78, 5) is 24.9. The van der Waals surface area contributed by atoms with Crippen molar-refractivity contribution >= 4 is 29.0 Å². The Bertz CT molecular complexity index is 778. The van der Waals surface area contributed by atoms with Crippen molar-refractivity contribution in [3.63, 3.8) is 0 Å². The number of primary amides is 1. The molecule has 25 heavy (non-hydrogen) atoms. The first-order valence-electron chi connectivity index (χ1n) is 8.09. The monoisotopic (exact) mass is 337 g/mol. The van der Waals surface area contributed by atoms with Crippen LogP contribution in [0.1, 0.15) is 23.2 Å². The van der Waals surface area contributed by atoms with Crippen molar-refractivity contribution in [1.29, 1.82) is 0 Å². The zero-order chi connectivity index (χ0) is 17.6. The number of nitrogens with zero attached hydrogens (tertiary/aromatic N) is 3. The molecule has 3 rings (SSSR count). The summed E-state index contributed by atoms with van der Waals surface area (Å²) in [5.41, 5.74) is 7.63. The number of hydrogen-bond donors (Lipinski definition) is 2. The highest BCUT2D eigenvalue weighted by Gasteiger charge is 2.17. The maximum atomic E-state index is 12.0. The molecule has 2 aromatic rings. The van der Waals surface area contributed by atoms with Crippen molar-refractivity contribution in [3.8, 4) is 0 Å². The van der Waals surface area contributed by atoms with Crippen molar-refractivity contribution in [2.45, 2.75) is 12.8 Å². The number of hydrogen-bond acceptors (Lipinski definition) is 4. The lowest BCUT2D eigenvalue weighted by atomic mass is 10.2. The third-order valence-electron chi connectivity index (χ3n) is 3.94. The molecule has 0 radical (unpaired) electrons. The van der Waals surface area contributed by atoms with Crippen LogP contribution in [0.5, 0.6) is 0 Å². The molecule has 2 aromatic carbocycles. The summed E-state index contributed by atoms with van der Waals surface area (Å²) in [6, 6.07) is 13.6. The molecule has 128 valence electrons. The van der Waals surface area contributed by atoms with E-state index in [0.717, 1.165) is 31.6 Å². The molecule has 0 aliphatic carbocycles. The molecule has 0 bridgehead atoms. The van der Waals surface area contributed by atoms with Gasteiger partial charge in [0.15, 0.2) is 0 Å². The average molecular weight is 337 g/mol. The summed E-state index contributed by atoms with van der Waals surface area (Å²) in [6.07, 6.45) is 2.13. The molecule has 1 saturated heterocycles. The summed E-state index contributed by atoms with van der Waals surface area (Å²) >= 11 is 0. The van der Waals surface area contributed by atoms with E-state index >= 15 is 0 Å². The molecular weight excluding hydrogens is 318 g/mol. The minimum atomic E-state index is -0.477. The van der Waals surface area contributed by atoms with Crippen LogP contribution in [-0.4, -0.2) is 29.9 Å². The van der Waals surface area contributed by atoms with Gasteiger partial charge in [-0.2, -0.15) is 10.2 Å². The molecule has 0 unspecified atom stereocenters. The van der Waals surface area contributed by atoms with Gasteiger partial charge in [-0.3, -0.25) is 4.79 Å². The fraction of sp³-hybridized carbons (Fsp3) is 0.222. The standard InChI is InChI=1S/C18H19N5O2/c19-17(24)13-3-5-15(6-4-13)21-22-16-9-7-14(8-10-16)20-18(25)23-11-1-2-12-23/h3-10H,1-2,11-12H2,(H2,19,24)(H,20,25). The van der Waals surface area contributed by atoms with Crippen molar-refractivity contribution in [2.24, 2.45) is 16.0 Å². The first-order chi connectivity index (χ1) is 12.1. The molecule has 0 saturated carbocycles. The molecule has 1 aliphatic heterocycles. The van der Waals surface area contributed by atoms with Crippen LogP contribution in [0.4, 0.5) is 21.9 Å². The summed E-state index contributed by atoms with van der Waals surface area (Å²) in [5.74, 6) is -0.477. The highest BCUT2D eigenvalue weighted by Crippen LogP contribution is 2.21. The Balaban J connectivity index is 1.60. The number of nitrogens with two attached hydrogens (primary N) is 1. The van der Waals surface area contributed by atoms with E-state index in [1.54, 1.807) is 48.5 Å². The van der Waals surface area contributed by atoms with Gasteiger partial charge in [0.2, 0.25) is 5.91 Å². The highest BCUT2D eigenvalue weighted by atomic mass is 16.2. The Morgan fingerprint density at radius 3 is 1.92 bits per heavy atom. The van der Waals surface area contributed by atoms with Crippen molar-refractivity contribution in [3.05, 3.63) is 54.1 Å². The Morgan fingerprint density at radius 1 is 0.880 bits per heavy atom. The van der Waals surface area contributed by atoms with Crippen LogP contribution in [0.2, 0.25) is 0 Å². The van der Waals surface area contributed by atoms with E-state index in [1.807, 2.05) is 4.90 Å². The quantitative estimate of drug-likeness (QED) is 0.829. The minimum Gasteiger partial charge on any atom is -0.366 e. The van der Waals surface area contributed by atoms with Gasteiger partial charge in [0.1, 0.15) is 0 Å². The van der Waals surface area contributed by atoms with Gasteiger partial charge in [-0.1, -0.05) is 0 Å². The van der Waals surface area contributed by atoms with Crippen LogP contribution < -0.4 is 11.1 Å². The minimum absolute atomic E-state index is 0.0681. The van der Waals surface area contributed by atoms with Crippen LogP contribution in [0.3, 0.4) is 0 Å². The zero-order valence-corrected chi connectivity index (χ0v) is 13.7. The predicted octanol–water partition coefficient (Wildman–Crippen LogP) is 3.83. The number of likely N-dealkylation sites (tertiary alicyclic amines) is 1. The Morgan fingerprint density at radius 2 is 1.40 bits per heavy atom. The van der Waals surface area contributed by atoms with Crippen molar-refractivity contribution < 1.29 is 9.59 Å². The Labute approximate surface area is 145 Å². The van der Waals surface area contributed by atoms with Crippen LogP contribution in [-0.2, 0) is 0 Å². The second-order valence-electron chi connectivity index (χ2n) is 5.78. The molecule has 7 nitrogen and oxygen atoms in total. The number of urea groups is 1. The normalized spacial score (nSPS) is 14.0. The number of nitrogens with one attached hydrogen (secondary N) is 1. The second-order valence-corrected chi connectivity index (χ2v) is 5.78. The Hall–Kier alpha value is -3.22. The summed E-state index contributed by atoms with van der Waals surface area (Å²) in [5, 5.41) is 11.1.